The standard InChI is InChI=1S/7CH3NO2.C.N/c7*2-1(3)4;;/h7*2H2,(H,3,4);;/q;;;;;;;+4;+3/p-7. The van der Waals surface area contributed by atoms with Crippen LogP contribution < -0.4 is 82.0 Å². The fraction of sp³-hybridized carbons (Fsp3) is 0. The van der Waals surface area contributed by atoms with Gasteiger partial charge >= 0.3 is 13.6 Å². The van der Waals surface area contributed by atoms with Gasteiger partial charge in [-0.3, -0.25) is 0 Å². The van der Waals surface area contributed by atoms with Gasteiger partial charge in [0.2, 0.25) is 0 Å². The van der Waals surface area contributed by atoms with Crippen LogP contribution in [0.2, 0.25) is 0 Å². The number of amides is 7. The maximum atomic E-state index is 8.67. The van der Waals surface area contributed by atoms with Crippen LogP contribution in [0.15, 0.2) is 0 Å². The molecule has 0 unspecified atom stereocenters. The van der Waals surface area contributed by atoms with Gasteiger partial charge < -0.3 is 109 Å². The fourth-order valence-electron chi connectivity index (χ4n) is 0. The third kappa shape index (κ3) is 362. The third-order valence-electron chi connectivity index (χ3n) is 0. The number of rotatable bonds is 0. The molecule has 0 aromatic rings. The molecule has 0 fully saturated rings. The van der Waals surface area contributed by atoms with Gasteiger partial charge in [-0.05, 0) is 0 Å². The number of carboxylic acid groups (broad SMARTS) is 7. The van der Waals surface area contributed by atoms with Gasteiger partial charge in [-0.1, -0.05) is 0 Å². The van der Waals surface area contributed by atoms with Crippen molar-refractivity contribution < 1.29 is 69.3 Å². The van der Waals surface area contributed by atoms with E-state index in [2.05, 4.69) is 40.1 Å². The second-order valence-corrected chi connectivity index (χ2v) is 2.23. The zero-order valence-electron chi connectivity index (χ0n) is 14.2. The predicted molar refractivity (Wildman–Crippen MR) is 72.5 cm³/mol. The molecule has 0 bridgehead atoms. The van der Waals surface area contributed by atoms with Crippen LogP contribution in [-0.4, -0.2) is 42.7 Å². The Morgan fingerprint density at radius 2 is 0.333 bits per heavy atom. The van der Waals surface area contributed by atoms with Gasteiger partial charge in [0.15, 0.2) is 0 Å². The summed E-state index contributed by atoms with van der Waals surface area (Å²) in [5.41, 5.74) is 27.4. The molecule has 22 heteroatoms. The second-order valence-electron chi connectivity index (χ2n) is 2.23. The SMILES string of the molecule is NC(=O)[O-].NC(=O)[O-].NC(=O)[O-].NC(=O)[O-].NC(=O)[O-].NC(=O)[O-].NC(=O)[O-].[C+4].[N+3]. The molecule has 7 amide bonds. The minimum Gasteiger partial charge on any atom is -0.530 e. The first-order valence-corrected chi connectivity index (χ1v) is 4.88. The maximum Gasteiger partial charge on any atom is 4.00 e. The molecule has 2 radical (unpaired) electrons. The molecule has 0 spiro atoms. The Labute approximate surface area is 167 Å². The van der Waals surface area contributed by atoms with E-state index in [-0.39, 0.29) is 13.6 Å². The topological polar surface area (TPSA) is 494 Å². The van der Waals surface area contributed by atoms with E-state index < -0.39 is 42.7 Å². The van der Waals surface area contributed by atoms with Gasteiger partial charge in [-0.15, -0.1) is 0 Å². The zero-order valence-corrected chi connectivity index (χ0v) is 14.2. The van der Waals surface area contributed by atoms with Crippen LogP contribution in [0.5, 0.6) is 0 Å². The summed E-state index contributed by atoms with van der Waals surface area (Å²) < 4.78 is 0. The van der Waals surface area contributed by atoms with Crippen LogP contribution in [0.1, 0.15) is 0 Å². The number of hydrogen-bond acceptors (Lipinski definition) is 14. The van der Waals surface area contributed by atoms with Gasteiger partial charge in [-0.25, -0.2) is 0 Å². The molecule has 0 aliphatic carbocycles. The number of carbonyl (C=O) groups is 7. The Morgan fingerprint density at radius 3 is 0.333 bits per heavy atom. The average molecular weight is 446 g/mol. The fourth-order valence-corrected chi connectivity index (χ4v) is 0. The largest absolute Gasteiger partial charge is 4.00 e. The van der Waals surface area contributed by atoms with E-state index in [4.69, 9.17) is 69.3 Å². The minimum absolute atomic E-state index is 0. The van der Waals surface area contributed by atoms with Crippen LogP contribution in [0, 0.1) is 7.43 Å². The van der Waals surface area contributed by atoms with E-state index in [1.807, 2.05) is 0 Å². The number of nitrogens with two attached hydrogens (primary N) is 7. The van der Waals surface area contributed by atoms with Crippen molar-refractivity contribution in [2.75, 3.05) is 0 Å². The van der Waals surface area contributed by atoms with E-state index in [0.29, 0.717) is 0 Å². The first-order chi connectivity index (χ1) is 12.1. The Hall–Kier alpha value is -5.40. The molecule has 0 aromatic heterocycles. The number of primary amides is 7. The Kier molecular flexibility index (Phi) is 93.0. The summed E-state index contributed by atoms with van der Waals surface area (Å²) in [5, 5.41) is 60.7. The molecule has 0 heterocycles. The third-order valence-corrected chi connectivity index (χ3v) is 0. The number of hydrogen-bond donors (Lipinski definition) is 7. The van der Waals surface area contributed by atoms with Crippen LogP contribution >= 0.6 is 0 Å². The van der Waals surface area contributed by atoms with Crippen molar-refractivity contribution in [1.29, 1.82) is 0 Å². The first kappa shape index (κ1) is 56.3. The van der Waals surface area contributed by atoms with Gasteiger partial charge in [-0.2, -0.15) is 0 Å². The molecule has 0 aliphatic rings. The summed E-state index contributed by atoms with van der Waals surface area (Å²) in [5.74, 6) is 0. The molecular weight excluding hydrogens is 432 g/mol. The number of carbonyl (C=O) groups excluding carboxylic acids is 7. The van der Waals surface area contributed by atoms with Crippen molar-refractivity contribution in [3.8, 4) is 0 Å². The summed E-state index contributed by atoms with van der Waals surface area (Å²) in [4.78, 5) is 60.7. The molecule has 0 rings (SSSR count). The average Bonchev–Trinajstić information content (AvgIpc) is 2.20. The zero-order chi connectivity index (χ0) is 25.0. The monoisotopic (exact) mass is 446 g/mol. The summed E-state index contributed by atoms with van der Waals surface area (Å²) in [6, 6.07) is 0. The van der Waals surface area contributed by atoms with Crippen LogP contribution in [0.3, 0.4) is 0 Å². The quantitative estimate of drug-likeness (QED) is 0.181. The molecule has 14 N–H and O–H groups in total. The summed E-state index contributed by atoms with van der Waals surface area (Å²) >= 11 is 0. The van der Waals surface area contributed by atoms with Crippen LogP contribution in [-0.2, 0) is 0 Å². The van der Waals surface area contributed by atoms with Gasteiger partial charge in [0.25, 0.3) is 0 Å². The Balaban J connectivity index is -0.0000000242. The number of nitrogens with zero attached hydrogens (tertiary/aromatic N) is 1. The molecule has 30 heavy (non-hydrogen) atoms. The van der Waals surface area contributed by atoms with E-state index >= 15 is 0 Å². The van der Waals surface area contributed by atoms with Crippen molar-refractivity contribution in [3.63, 3.8) is 0 Å². The predicted octanol–water partition coefficient (Wildman–Crippen LogP) is -12.4. The van der Waals surface area contributed by atoms with Crippen molar-refractivity contribution >= 4 is 42.7 Å². The maximum absolute atomic E-state index is 8.67. The minimum atomic E-state index is -1.58. The molecule has 22 nitrogen and oxygen atoms in total. The van der Waals surface area contributed by atoms with Gasteiger partial charge in [0, 0.05) is 0 Å². The molecule has 0 aliphatic heterocycles. The van der Waals surface area contributed by atoms with E-state index in [1.54, 1.807) is 0 Å². The molecule has 0 saturated heterocycles. The van der Waals surface area contributed by atoms with Crippen LogP contribution in [0.25, 0.3) is 0 Å². The molecule has 0 saturated carbocycles. The van der Waals surface area contributed by atoms with Gasteiger partial charge in [0.05, 0.1) is 0 Å². The van der Waals surface area contributed by atoms with Gasteiger partial charge in [0.1, 0.15) is 42.7 Å². The van der Waals surface area contributed by atoms with Crippen molar-refractivity contribution in [3.05, 3.63) is 7.43 Å². The van der Waals surface area contributed by atoms with Crippen molar-refractivity contribution in [2.45, 2.75) is 0 Å². The van der Waals surface area contributed by atoms with Crippen molar-refractivity contribution in [2.24, 2.45) is 40.1 Å². The Morgan fingerprint density at radius 1 is 0.333 bits per heavy atom. The molecule has 170 valence electrons. The molecular formula is C8H14N8O14. The summed E-state index contributed by atoms with van der Waals surface area (Å²) in [7, 11) is 0. The molecule has 0 atom stereocenters. The van der Waals surface area contributed by atoms with Crippen LogP contribution in [0.4, 0.5) is 33.6 Å². The van der Waals surface area contributed by atoms with E-state index in [1.165, 1.54) is 0 Å². The van der Waals surface area contributed by atoms with E-state index in [0.717, 1.165) is 0 Å². The smallest absolute Gasteiger partial charge is 0.530 e. The normalized spacial score (nSPS) is 5.60. The summed E-state index contributed by atoms with van der Waals surface area (Å²) in [6.07, 6.45) is -11.1. The van der Waals surface area contributed by atoms with E-state index in [9.17, 15) is 0 Å². The molecule has 0 aromatic carbocycles. The Bertz CT molecular complexity index is 325. The first-order valence-electron chi connectivity index (χ1n) is 4.88. The second kappa shape index (κ2) is 49.5. The summed E-state index contributed by atoms with van der Waals surface area (Å²) in [6.45, 7) is 0. The van der Waals surface area contributed by atoms with Crippen molar-refractivity contribution in [1.82, 2.24) is 6.15 Å².